The fourth-order valence-corrected chi connectivity index (χ4v) is 1.95. The molecule has 0 bridgehead atoms. The zero-order valence-electron chi connectivity index (χ0n) is 10.1. The highest BCUT2D eigenvalue weighted by Crippen LogP contribution is 2.19. The van der Waals surface area contributed by atoms with Crippen molar-refractivity contribution in [2.75, 3.05) is 0 Å². The summed E-state index contributed by atoms with van der Waals surface area (Å²) in [4.78, 5) is 0. The van der Waals surface area contributed by atoms with Gasteiger partial charge in [0.25, 0.3) is 0 Å². The summed E-state index contributed by atoms with van der Waals surface area (Å²) in [5, 5.41) is 12.9. The fraction of sp³-hybridized carbons (Fsp3) is 0.308. The van der Waals surface area contributed by atoms with E-state index in [1.54, 1.807) is 0 Å². The molecule has 3 N–H and O–H groups in total. The van der Waals surface area contributed by atoms with E-state index in [0.29, 0.717) is 5.92 Å². The topological polar surface area (TPSA) is 63.5 Å². The highest BCUT2D eigenvalue weighted by atomic mass is 16.4. The summed E-state index contributed by atoms with van der Waals surface area (Å²) >= 11 is 0. The number of hydrogen-bond donors (Lipinski definition) is 2. The number of nitrogens with two attached hydrogens (primary N) is 1. The molecule has 0 unspecified atom stereocenters. The van der Waals surface area contributed by atoms with E-state index in [4.69, 9.17) is 10.9 Å². The second-order valence-electron chi connectivity index (χ2n) is 4.62. The van der Waals surface area contributed by atoms with Gasteiger partial charge in [-0.3, -0.25) is 0 Å². The lowest BCUT2D eigenvalue weighted by Crippen LogP contribution is -2.13. The van der Waals surface area contributed by atoms with Crippen LogP contribution >= 0.6 is 0 Å². The number of fused-ring (bicyclic) bond motifs is 1. The number of aromatic nitrogens is 1. The molecular weight excluding hydrogens is 214 g/mol. The highest BCUT2D eigenvalue weighted by molar-refractivity contribution is 6.00. The highest BCUT2D eigenvalue weighted by Gasteiger charge is 2.06. The second-order valence-corrected chi connectivity index (χ2v) is 4.62. The largest absolute Gasteiger partial charge is 0.409 e. The minimum Gasteiger partial charge on any atom is -0.409 e. The Morgan fingerprint density at radius 3 is 2.82 bits per heavy atom. The van der Waals surface area contributed by atoms with E-state index >= 15 is 0 Å². The predicted octanol–water partition coefficient (Wildman–Crippen LogP) is 2.39. The minimum absolute atomic E-state index is 0.143. The van der Waals surface area contributed by atoms with Gasteiger partial charge in [0.15, 0.2) is 5.84 Å². The normalized spacial score (nSPS) is 12.5. The van der Waals surface area contributed by atoms with Crippen LogP contribution in [0, 0.1) is 5.92 Å². The van der Waals surface area contributed by atoms with Gasteiger partial charge in [0.2, 0.25) is 0 Å². The average molecular weight is 231 g/mol. The molecule has 1 aromatic heterocycles. The number of amidine groups is 1. The SMILES string of the molecule is CC(C)Cn1ccc2ccc(/C(N)=N/O)cc21. The van der Waals surface area contributed by atoms with Crippen molar-refractivity contribution in [2.45, 2.75) is 20.4 Å². The number of rotatable bonds is 3. The van der Waals surface area contributed by atoms with Crippen LogP contribution < -0.4 is 5.73 Å². The molecule has 2 rings (SSSR count). The quantitative estimate of drug-likeness (QED) is 0.369. The molecule has 0 amide bonds. The first-order valence-corrected chi connectivity index (χ1v) is 5.68. The maximum absolute atomic E-state index is 8.68. The van der Waals surface area contributed by atoms with Crippen molar-refractivity contribution in [3.05, 3.63) is 36.0 Å². The third kappa shape index (κ3) is 2.25. The number of oxime groups is 1. The third-order valence-corrected chi connectivity index (χ3v) is 2.74. The summed E-state index contributed by atoms with van der Waals surface area (Å²) in [7, 11) is 0. The van der Waals surface area contributed by atoms with Gasteiger partial charge in [0.1, 0.15) is 0 Å². The Kier molecular flexibility index (Phi) is 3.04. The van der Waals surface area contributed by atoms with Crippen LogP contribution in [0.5, 0.6) is 0 Å². The van der Waals surface area contributed by atoms with Gasteiger partial charge >= 0.3 is 0 Å². The van der Waals surface area contributed by atoms with Crippen LogP contribution in [0.15, 0.2) is 35.6 Å². The molecule has 0 atom stereocenters. The second kappa shape index (κ2) is 4.49. The van der Waals surface area contributed by atoms with Crippen LogP contribution in [0.4, 0.5) is 0 Å². The minimum atomic E-state index is 0.143. The summed E-state index contributed by atoms with van der Waals surface area (Å²) < 4.78 is 2.19. The monoisotopic (exact) mass is 231 g/mol. The van der Waals surface area contributed by atoms with E-state index in [1.807, 2.05) is 18.2 Å². The van der Waals surface area contributed by atoms with Gasteiger partial charge in [0.05, 0.1) is 0 Å². The summed E-state index contributed by atoms with van der Waals surface area (Å²) in [5.41, 5.74) is 7.45. The summed E-state index contributed by atoms with van der Waals surface area (Å²) in [6.07, 6.45) is 2.07. The van der Waals surface area contributed by atoms with Crippen LogP contribution in [0.3, 0.4) is 0 Å². The summed E-state index contributed by atoms with van der Waals surface area (Å²) in [5.74, 6) is 0.724. The molecule has 17 heavy (non-hydrogen) atoms. The van der Waals surface area contributed by atoms with Crippen LogP contribution in [-0.4, -0.2) is 15.6 Å². The van der Waals surface area contributed by atoms with Crippen molar-refractivity contribution in [1.82, 2.24) is 4.57 Å². The molecule has 0 aliphatic rings. The number of hydrogen-bond acceptors (Lipinski definition) is 2. The van der Waals surface area contributed by atoms with E-state index in [9.17, 15) is 0 Å². The third-order valence-electron chi connectivity index (χ3n) is 2.74. The van der Waals surface area contributed by atoms with Gasteiger partial charge in [-0.05, 0) is 23.4 Å². The molecule has 2 aromatic rings. The zero-order chi connectivity index (χ0) is 12.4. The van der Waals surface area contributed by atoms with Crippen LogP contribution in [0.25, 0.3) is 10.9 Å². The molecule has 4 nitrogen and oxygen atoms in total. The molecule has 0 spiro atoms. The van der Waals surface area contributed by atoms with Crippen molar-refractivity contribution in [2.24, 2.45) is 16.8 Å². The Balaban J connectivity index is 2.50. The van der Waals surface area contributed by atoms with Gasteiger partial charge in [-0.15, -0.1) is 0 Å². The van der Waals surface area contributed by atoms with E-state index in [1.165, 1.54) is 5.39 Å². The van der Waals surface area contributed by atoms with Crippen LogP contribution in [-0.2, 0) is 6.54 Å². The molecule has 0 aliphatic heterocycles. The van der Waals surface area contributed by atoms with Gasteiger partial charge in [0, 0.05) is 23.8 Å². The molecule has 4 heteroatoms. The van der Waals surface area contributed by atoms with Crippen molar-refractivity contribution >= 4 is 16.7 Å². The van der Waals surface area contributed by atoms with Crippen molar-refractivity contribution in [1.29, 1.82) is 0 Å². The zero-order valence-corrected chi connectivity index (χ0v) is 10.1. The standard InChI is InChI=1S/C13H17N3O/c1-9(2)8-16-6-5-10-3-4-11(7-12(10)16)13(14)15-17/h3-7,9,17H,8H2,1-2H3,(H2,14,15). The fourth-order valence-electron chi connectivity index (χ4n) is 1.95. The molecular formula is C13H17N3O. The molecule has 0 radical (unpaired) electrons. The van der Waals surface area contributed by atoms with Crippen molar-refractivity contribution in [3.63, 3.8) is 0 Å². The first-order chi connectivity index (χ1) is 8.11. The molecule has 0 aliphatic carbocycles. The maximum Gasteiger partial charge on any atom is 0.170 e. The van der Waals surface area contributed by atoms with E-state index < -0.39 is 0 Å². The Bertz CT molecular complexity index is 555. The van der Waals surface area contributed by atoms with E-state index in [2.05, 4.69) is 35.8 Å². The lowest BCUT2D eigenvalue weighted by Gasteiger charge is -2.09. The Morgan fingerprint density at radius 1 is 1.41 bits per heavy atom. The molecule has 1 heterocycles. The van der Waals surface area contributed by atoms with Crippen LogP contribution in [0.1, 0.15) is 19.4 Å². The van der Waals surface area contributed by atoms with Gasteiger partial charge in [-0.25, -0.2) is 0 Å². The summed E-state index contributed by atoms with van der Waals surface area (Å²) in [6, 6.07) is 7.87. The van der Waals surface area contributed by atoms with Crippen molar-refractivity contribution in [3.8, 4) is 0 Å². The molecule has 0 saturated carbocycles. The number of benzene rings is 1. The Labute approximate surface area is 100 Å². The van der Waals surface area contributed by atoms with Crippen LogP contribution in [0.2, 0.25) is 0 Å². The lowest BCUT2D eigenvalue weighted by atomic mass is 10.1. The van der Waals surface area contributed by atoms with Gasteiger partial charge in [-0.1, -0.05) is 31.1 Å². The molecule has 0 fully saturated rings. The Hall–Kier alpha value is -1.97. The van der Waals surface area contributed by atoms with E-state index in [-0.39, 0.29) is 5.84 Å². The predicted molar refractivity (Wildman–Crippen MR) is 69.3 cm³/mol. The Morgan fingerprint density at radius 2 is 2.18 bits per heavy atom. The summed E-state index contributed by atoms with van der Waals surface area (Å²) in [6.45, 7) is 5.32. The number of nitrogens with zero attached hydrogens (tertiary/aromatic N) is 2. The molecule has 0 saturated heterocycles. The van der Waals surface area contributed by atoms with E-state index in [0.717, 1.165) is 17.6 Å². The van der Waals surface area contributed by atoms with Gasteiger partial charge in [-0.2, -0.15) is 0 Å². The molecule has 1 aromatic carbocycles. The first kappa shape index (κ1) is 11.5. The lowest BCUT2D eigenvalue weighted by molar-refractivity contribution is 0.318. The van der Waals surface area contributed by atoms with Crippen molar-refractivity contribution < 1.29 is 5.21 Å². The first-order valence-electron chi connectivity index (χ1n) is 5.68. The maximum atomic E-state index is 8.68. The smallest absolute Gasteiger partial charge is 0.170 e. The average Bonchev–Trinajstić information content (AvgIpc) is 2.70. The molecule has 90 valence electrons. The van der Waals surface area contributed by atoms with Gasteiger partial charge < -0.3 is 15.5 Å².